The molecule has 0 radical (unpaired) electrons. The Balaban J connectivity index is 2.49. The van der Waals surface area contributed by atoms with Crippen molar-refractivity contribution in [3.8, 4) is 11.3 Å². The Labute approximate surface area is 81.6 Å². The van der Waals surface area contributed by atoms with E-state index >= 15 is 0 Å². The first-order chi connectivity index (χ1) is 6.27. The summed E-state index contributed by atoms with van der Waals surface area (Å²) < 4.78 is 0. The van der Waals surface area contributed by atoms with Crippen molar-refractivity contribution in [2.75, 3.05) is 0 Å². The van der Waals surface area contributed by atoms with E-state index in [1.54, 1.807) is 6.20 Å². The average molecular weight is 193 g/mol. The molecule has 0 fully saturated rings. The maximum Gasteiger partial charge on any atom is 0.0650 e. The number of halogens is 1. The zero-order valence-electron chi connectivity index (χ0n) is 7.21. The summed E-state index contributed by atoms with van der Waals surface area (Å²) in [6.07, 6.45) is 1.73. The first kappa shape index (κ1) is 8.32. The molecule has 2 rings (SSSR count). The maximum absolute atomic E-state index is 6.00. The largest absolute Gasteiger partial charge is 0.278 e. The summed E-state index contributed by atoms with van der Waals surface area (Å²) in [6.45, 7) is 1.99. The molecule has 0 saturated heterocycles. The van der Waals surface area contributed by atoms with Crippen LogP contribution < -0.4 is 0 Å². The molecule has 0 saturated carbocycles. The summed E-state index contributed by atoms with van der Waals surface area (Å²) >= 11 is 6.00. The van der Waals surface area contributed by atoms with Crippen molar-refractivity contribution in [3.05, 3.63) is 41.0 Å². The molecule has 0 unspecified atom stereocenters. The van der Waals surface area contributed by atoms with Gasteiger partial charge in [0.15, 0.2) is 0 Å². The zero-order chi connectivity index (χ0) is 9.26. The molecule has 0 aliphatic heterocycles. The van der Waals surface area contributed by atoms with Gasteiger partial charge < -0.3 is 0 Å². The van der Waals surface area contributed by atoms with Gasteiger partial charge in [-0.15, -0.1) is 0 Å². The third-order valence-corrected chi connectivity index (χ3v) is 2.39. The van der Waals surface area contributed by atoms with Gasteiger partial charge in [-0.05, 0) is 24.6 Å². The van der Waals surface area contributed by atoms with E-state index in [-0.39, 0.29) is 0 Å². The van der Waals surface area contributed by atoms with Gasteiger partial charge in [-0.1, -0.05) is 23.7 Å². The number of hydrogen-bond donors (Lipinski definition) is 1. The summed E-state index contributed by atoms with van der Waals surface area (Å²) in [4.78, 5) is 0. The highest BCUT2D eigenvalue weighted by Gasteiger charge is 2.00. The Kier molecular flexibility index (Phi) is 2.07. The fourth-order valence-corrected chi connectivity index (χ4v) is 1.36. The number of nitrogens with zero attached hydrogens (tertiary/aromatic N) is 1. The summed E-state index contributed by atoms with van der Waals surface area (Å²) in [7, 11) is 0. The Hall–Kier alpha value is -1.28. The van der Waals surface area contributed by atoms with E-state index < -0.39 is 0 Å². The zero-order valence-corrected chi connectivity index (χ0v) is 7.97. The molecule has 0 spiro atoms. The third-order valence-electron chi connectivity index (χ3n) is 1.98. The van der Waals surface area contributed by atoms with Crippen LogP contribution in [-0.2, 0) is 0 Å². The molecule has 0 amide bonds. The van der Waals surface area contributed by atoms with Crippen molar-refractivity contribution in [1.29, 1.82) is 0 Å². The summed E-state index contributed by atoms with van der Waals surface area (Å²) in [5.41, 5.74) is 3.14. The first-order valence-electron chi connectivity index (χ1n) is 4.03. The fraction of sp³-hybridized carbons (Fsp3) is 0.100. The number of benzene rings is 1. The van der Waals surface area contributed by atoms with E-state index in [9.17, 15) is 0 Å². The lowest BCUT2D eigenvalue weighted by molar-refractivity contribution is 1.09. The van der Waals surface area contributed by atoms with Gasteiger partial charge in [0, 0.05) is 16.8 Å². The van der Waals surface area contributed by atoms with E-state index in [1.165, 1.54) is 0 Å². The molecule has 1 N–H and O–H groups in total. The van der Waals surface area contributed by atoms with Crippen molar-refractivity contribution in [1.82, 2.24) is 10.2 Å². The topological polar surface area (TPSA) is 28.7 Å². The number of aryl methyl sites for hydroxylation is 1. The molecule has 3 heteroatoms. The van der Waals surface area contributed by atoms with Crippen LogP contribution in [0, 0.1) is 6.92 Å². The standard InChI is InChI=1S/C10H9ClN2/c1-7-2-3-8(6-9(7)11)10-4-5-12-13-10/h2-6H,1H3,(H,12,13). The summed E-state index contributed by atoms with van der Waals surface area (Å²) in [6, 6.07) is 7.87. The molecule has 1 heterocycles. The smallest absolute Gasteiger partial charge is 0.0650 e. The number of rotatable bonds is 1. The van der Waals surface area contributed by atoms with Crippen LogP contribution in [-0.4, -0.2) is 10.2 Å². The third kappa shape index (κ3) is 1.58. The number of nitrogens with one attached hydrogen (secondary N) is 1. The average Bonchev–Trinajstić information content (AvgIpc) is 2.62. The lowest BCUT2D eigenvalue weighted by atomic mass is 10.1. The molecule has 13 heavy (non-hydrogen) atoms. The van der Waals surface area contributed by atoms with Crippen molar-refractivity contribution in [2.45, 2.75) is 6.92 Å². The highest BCUT2D eigenvalue weighted by atomic mass is 35.5. The van der Waals surface area contributed by atoms with Gasteiger partial charge in [0.1, 0.15) is 0 Å². The highest BCUT2D eigenvalue weighted by Crippen LogP contribution is 2.23. The number of hydrogen-bond acceptors (Lipinski definition) is 1. The predicted molar refractivity (Wildman–Crippen MR) is 53.8 cm³/mol. The molecule has 0 bridgehead atoms. The van der Waals surface area contributed by atoms with Crippen LogP contribution in [0.1, 0.15) is 5.56 Å². The molecule has 0 aliphatic rings. The van der Waals surface area contributed by atoms with Crippen molar-refractivity contribution in [3.63, 3.8) is 0 Å². The van der Waals surface area contributed by atoms with Crippen molar-refractivity contribution >= 4 is 11.6 Å². The van der Waals surface area contributed by atoms with Crippen LogP contribution in [0.2, 0.25) is 5.02 Å². The molecule has 2 aromatic rings. The number of aromatic nitrogens is 2. The van der Waals surface area contributed by atoms with Gasteiger partial charge in [-0.3, -0.25) is 5.10 Å². The van der Waals surface area contributed by atoms with Crippen LogP contribution in [0.5, 0.6) is 0 Å². The highest BCUT2D eigenvalue weighted by molar-refractivity contribution is 6.31. The van der Waals surface area contributed by atoms with Gasteiger partial charge in [0.05, 0.1) is 5.69 Å². The van der Waals surface area contributed by atoms with Crippen LogP contribution in [0.25, 0.3) is 11.3 Å². The minimum atomic E-state index is 0.784. The summed E-state index contributed by atoms with van der Waals surface area (Å²) in [5.74, 6) is 0. The second-order valence-electron chi connectivity index (χ2n) is 2.93. The molecule has 1 aromatic heterocycles. The van der Waals surface area contributed by atoms with Crippen molar-refractivity contribution < 1.29 is 0 Å². The fourth-order valence-electron chi connectivity index (χ4n) is 1.18. The second kappa shape index (κ2) is 3.23. The van der Waals surface area contributed by atoms with E-state index in [0.29, 0.717) is 0 Å². The lowest BCUT2D eigenvalue weighted by Gasteiger charge is -2.00. The van der Waals surface area contributed by atoms with Gasteiger partial charge in [-0.25, -0.2) is 0 Å². The van der Waals surface area contributed by atoms with Crippen LogP contribution in [0.15, 0.2) is 30.5 Å². The molecular formula is C10H9ClN2. The normalized spacial score (nSPS) is 10.3. The molecule has 2 nitrogen and oxygen atoms in total. The Bertz CT molecular complexity index is 407. The predicted octanol–water partition coefficient (Wildman–Crippen LogP) is 3.04. The van der Waals surface area contributed by atoms with Gasteiger partial charge in [-0.2, -0.15) is 5.10 Å². The molecule has 0 aliphatic carbocycles. The molecular weight excluding hydrogens is 184 g/mol. The van der Waals surface area contributed by atoms with E-state index in [0.717, 1.165) is 21.8 Å². The number of aromatic amines is 1. The molecule has 0 atom stereocenters. The Morgan fingerprint density at radius 2 is 2.15 bits per heavy atom. The van der Waals surface area contributed by atoms with Crippen LogP contribution in [0.3, 0.4) is 0 Å². The van der Waals surface area contributed by atoms with Crippen LogP contribution >= 0.6 is 11.6 Å². The van der Waals surface area contributed by atoms with E-state index in [1.807, 2.05) is 31.2 Å². The molecule has 66 valence electrons. The van der Waals surface area contributed by atoms with Crippen molar-refractivity contribution in [2.24, 2.45) is 0 Å². The second-order valence-corrected chi connectivity index (χ2v) is 3.34. The SMILES string of the molecule is Cc1ccc(-c2ccn[nH]2)cc1Cl. The Morgan fingerprint density at radius 3 is 2.77 bits per heavy atom. The van der Waals surface area contributed by atoms with Crippen LogP contribution in [0.4, 0.5) is 0 Å². The quantitative estimate of drug-likeness (QED) is 0.739. The van der Waals surface area contributed by atoms with Gasteiger partial charge in [0.25, 0.3) is 0 Å². The monoisotopic (exact) mass is 192 g/mol. The van der Waals surface area contributed by atoms with E-state index in [4.69, 9.17) is 11.6 Å². The first-order valence-corrected chi connectivity index (χ1v) is 4.41. The minimum Gasteiger partial charge on any atom is -0.278 e. The molecule has 1 aromatic carbocycles. The lowest BCUT2D eigenvalue weighted by Crippen LogP contribution is -1.80. The Morgan fingerprint density at radius 1 is 1.31 bits per heavy atom. The maximum atomic E-state index is 6.00. The number of H-pyrrole nitrogens is 1. The van der Waals surface area contributed by atoms with Gasteiger partial charge in [0.2, 0.25) is 0 Å². The summed E-state index contributed by atoms with van der Waals surface area (Å²) in [5, 5.41) is 7.56. The minimum absolute atomic E-state index is 0.784. The van der Waals surface area contributed by atoms with E-state index in [2.05, 4.69) is 10.2 Å². The van der Waals surface area contributed by atoms with Gasteiger partial charge >= 0.3 is 0 Å².